The highest BCUT2D eigenvalue weighted by Crippen LogP contribution is 2.01. The van der Waals surface area contributed by atoms with Crippen molar-refractivity contribution in [2.75, 3.05) is 0 Å². The van der Waals surface area contributed by atoms with Crippen LogP contribution in [0.1, 0.15) is 11.7 Å². The van der Waals surface area contributed by atoms with Crippen LogP contribution in [0.4, 0.5) is 0 Å². The SMILES string of the molecule is C=CCc1[c]nc(C)o1. The van der Waals surface area contributed by atoms with Crippen molar-refractivity contribution in [3.63, 3.8) is 0 Å². The van der Waals surface area contributed by atoms with Crippen LogP contribution in [0.25, 0.3) is 0 Å². The number of aromatic nitrogens is 1. The molecule has 0 aliphatic carbocycles. The van der Waals surface area contributed by atoms with Crippen LogP contribution in [0.5, 0.6) is 0 Å². The largest absolute Gasteiger partial charge is 0.445 e. The molecular formula is C7H8NO. The van der Waals surface area contributed by atoms with Gasteiger partial charge in [-0.2, -0.15) is 0 Å². The molecule has 1 aromatic heterocycles. The summed E-state index contributed by atoms with van der Waals surface area (Å²) in [6.07, 6.45) is 5.19. The second-order valence-electron chi connectivity index (χ2n) is 1.76. The molecule has 0 saturated carbocycles. The lowest BCUT2D eigenvalue weighted by molar-refractivity contribution is 0.485. The number of hydrogen-bond acceptors (Lipinski definition) is 2. The molecule has 0 saturated heterocycles. The van der Waals surface area contributed by atoms with Crippen molar-refractivity contribution in [3.8, 4) is 0 Å². The van der Waals surface area contributed by atoms with Crippen LogP contribution in [0, 0.1) is 13.1 Å². The first-order chi connectivity index (χ1) is 4.33. The summed E-state index contributed by atoms with van der Waals surface area (Å²) in [6, 6.07) is 0. The Hall–Kier alpha value is -1.05. The van der Waals surface area contributed by atoms with E-state index >= 15 is 0 Å². The molecule has 0 aliphatic rings. The molecule has 0 aliphatic heterocycles. The summed E-state index contributed by atoms with van der Waals surface area (Å²) in [5.41, 5.74) is 0. The van der Waals surface area contributed by atoms with E-state index in [1.54, 1.807) is 13.0 Å². The van der Waals surface area contributed by atoms with Crippen molar-refractivity contribution >= 4 is 0 Å². The number of nitrogens with zero attached hydrogens (tertiary/aromatic N) is 1. The Morgan fingerprint density at radius 1 is 1.89 bits per heavy atom. The van der Waals surface area contributed by atoms with Crippen molar-refractivity contribution in [2.24, 2.45) is 0 Å². The Morgan fingerprint density at radius 2 is 2.67 bits per heavy atom. The highest BCUT2D eigenvalue weighted by atomic mass is 16.3. The molecule has 0 atom stereocenters. The van der Waals surface area contributed by atoms with Crippen molar-refractivity contribution in [1.29, 1.82) is 0 Å². The van der Waals surface area contributed by atoms with Gasteiger partial charge in [-0.05, 0) is 0 Å². The molecule has 1 rings (SSSR count). The Bertz CT molecular complexity index is 202. The van der Waals surface area contributed by atoms with Gasteiger partial charge in [0.25, 0.3) is 0 Å². The molecule has 0 N–H and O–H groups in total. The van der Waals surface area contributed by atoms with Crippen LogP contribution in [0.3, 0.4) is 0 Å². The van der Waals surface area contributed by atoms with E-state index in [2.05, 4.69) is 17.8 Å². The van der Waals surface area contributed by atoms with Gasteiger partial charge in [0.15, 0.2) is 5.89 Å². The standard InChI is InChI=1S/C7H8NO/c1-3-4-7-5-8-6(2)9-7/h3H,1,4H2,2H3. The number of oxazole rings is 1. The molecule has 2 nitrogen and oxygen atoms in total. The van der Waals surface area contributed by atoms with E-state index in [1.807, 2.05) is 0 Å². The molecule has 0 spiro atoms. The lowest BCUT2D eigenvalue weighted by Gasteiger charge is -1.81. The van der Waals surface area contributed by atoms with Crippen molar-refractivity contribution < 1.29 is 4.42 Å². The van der Waals surface area contributed by atoms with E-state index in [4.69, 9.17) is 4.42 Å². The summed E-state index contributed by atoms with van der Waals surface area (Å²) in [6.45, 7) is 5.35. The van der Waals surface area contributed by atoms with Crippen molar-refractivity contribution in [1.82, 2.24) is 4.98 Å². The first-order valence-electron chi connectivity index (χ1n) is 2.78. The number of hydrogen-bond donors (Lipinski definition) is 0. The van der Waals surface area contributed by atoms with Gasteiger partial charge in [0.1, 0.15) is 12.0 Å². The highest BCUT2D eigenvalue weighted by Gasteiger charge is 1.95. The molecule has 0 amide bonds. The van der Waals surface area contributed by atoms with E-state index in [9.17, 15) is 0 Å². The molecule has 0 bridgehead atoms. The summed E-state index contributed by atoms with van der Waals surface area (Å²) in [5, 5.41) is 0. The molecule has 2 heteroatoms. The van der Waals surface area contributed by atoms with Crippen molar-refractivity contribution in [3.05, 3.63) is 30.5 Å². The Balaban J connectivity index is 2.72. The minimum atomic E-state index is 0.659. The van der Waals surface area contributed by atoms with Gasteiger partial charge in [-0.15, -0.1) is 6.58 Å². The summed E-state index contributed by atoms with van der Waals surface area (Å²) in [7, 11) is 0. The Kier molecular flexibility index (Phi) is 1.68. The number of rotatable bonds is 2. The van der Waals surface area contributed by atoms with Gasteiger partial charge in [-0.3, -0.25) is 0 Å². The van der Waals surface area contributed by atoms with Crippen LogP contribution in [-0.4, -0.2) is 4.98 Å². The zero-order chi connectivity index (χ0) is 6.69. The van der Waals surface area contributed by atoms with E-state index < -0.39 is 0 Å². The van der Waals surface area contributed by atoms with E-state index in [-0.39, 0.29) is 0 Å². The molecule has 1 aromatic rings. The zero-order valence-electron chi connectivity index (χ0n) is 5.35. The first-order valence-corrected chi connectivity index (χ1v) is 2.78. The average molecular weight is 122 g/mol. The van der Waals surface area contributed by atoms with Crippen LogP contribution in [-0.2, 0) is 6.42 Å². The Morgan fingerprint density at radius 3 is 3.11 bits per heavy atom. The van der Waals surface area contributed by atoms with Crippen LogP contribution in [0.2, 0.25) is 0 Å². The normalized spacial score (nSPS) is 9.44. The maximum atomic E-state index is 5.09. The maximum absolute atomic E-state index is 5.09. The van der Waals surface area contributed by atoms with E-state index in [0.29, 0.717) is 12.3 Å². The average Bonchev–Trinajstić information content (AvgIpc) is 2.17. The van der Waals surface area contributed by atoms with Crippen LogP contribution < -0.4 is 0 Å². The third kappa shape index (κ3) is 1.42. The third-order valence-corrected chi connectivity index (χ3v) is 0.939. The van der Waals surface area contributed by atoms with Gasteiger partial charge < -0.3 is 4.42 Å². The molecule has 0 aromatic carbocycles. The molecule has 47 valence electrons. The van der Waals surface area contributed by atoms with E-state index in [0.717, 1.165) is 5.76 Å². The molecule has 0 fully saturated rings. The fraction of sp³-hybridized carbons (Fsp3) is 0.286. The van der Waals surface area contributed by atoms with Gasteiger partial charge >= 0.3 is 0 Å². The monoisotopic (exact) mass is 122 g/mol. The predicted molar refractivity (Wildman–Crippen MR) is 34.0 cm³/mol. The lowest BCUT2D eigenvalue weighted by atomic mass is 10.4. The highest BCUT2D eigenvalue weighted by molar-refractivity contribution is 4.95. The summed E-state index contributed by atoms with van der Waals surface area (Å²) in [4.78, 5) is 3.80. The first kappa shape index (κ1) is 6.08. The number of aryl methyl sites for hydroxylation is 1. The van der Waals surface area contributed by atoms with Gasteiger partial charge in [0, 0.05) is 13.3 Å². The second-order valence-corrected chi connectivity index (χ2v) is 1.76. The summed E-state index contributed by atoms with van der Waals surface area (Å²) >= 11 is 0. The maximum Gasteiger partial charge on any atom is 0.191 e. The van der Waals surface area contributed by atoms with Gasteiger partial charge in [-0.1, -0.05) is 6.08 Å². The second kappa shape index (κ2) is 2.49. The quantitative estimate of drug-likeness (QED) is 0.556. The molecule has 1 radical (unpaired) electrons. The fourth-order valence-corrected chi connectivity index (χ4v) is 0.583. The zero-order valence-corrected chi connectivity index (χ0v) is 5.35. The van der Waals surface area contributed by atoms with Gasteiger partial charge in [-0.25, -0.2) is 4.98 Å². The third-order valence-electron chi connectivity index (χ3n) is 0.939. The van der Waals surface area contributed by atoms with Crippen LogP contribution in [0.15, 0.2) is 17.1 Å². The van der Waals surface area contributed by atoms with E-state index in [1.165, 1.54) is 0 Å². The summed E-state index contributed by atoms with van der Waals surface area (Å²) in [5.74, 6) is 1.41. The molecule has 9 heavy (non-hydrogen) atoms. The summed E-state index contributed by atoms with van der Waals surface area (Å²) < 4.78 is 5.09. The fourth-order valence-electron chi connectivity index (χ4n) is 0.583. The molecule has 0 unspecified atom stereocenters. The topological polar surface area (TPSA) is 26.0 Å². The minimum Gasteiger partial charge on any atom is -0.445 e. The minimum absolute atomic E-state index is 0.659. The van der Waals surface area contributed by atoms with Crippen LogP contribution >= 0.6 is 0 Å². The predicted octanol–water partition coefficient (Wildman–Crippen LogP) is 1.51. The Labute approximate surface area is 54.2 Å². The number of allylic oxidation sites excluding steroid dienone is 1. The molecular weight excluding hydrogens is 114 g/mol. The van der Waals surface area contributed by atoms with Gasteiger partial charge in [0.05, 0.1) is 0 Å². The van der Waals surface area contributed by atoms with Gasteiger partial charge in [0.2, 0.25) is 0 Å². The molecule has 1 heterocycles. The lowest BCUT2D eigenvalue weighted by Crippen LogP contribution is -1.71. The van der Waals surface area contributed by atoms with Crippen molar-refractivity contribution in [2.45, 2.75) is 13.3 Å². The smallest absolute Gasteiger partial charge is 0.191 e.